The van der Waals surface area contributed by atoms with Gasteiger partial charge in [-0.2, -0.15) is 5.10 Å². The summed E-state index contributed by atoms with van der Waals surface area (Å²) in [6.45, 7) is 4.80. The van der Waals surface area contributed by atoms with E-state index in [1.165, 1.54) is 0 Å². The largest absolute Gasteiger partial charge is 0.335 e. The number of benzene rings is 2. The van der Waals surface area contributed by atoms with Gasteiger partial charge in [-0.15, -0.1) is 0 Å². The van der Waals surface area contributed by atoms with E-state index in [4.69, 9.17) is 0 Å². The third kappa shape index (κ3) is 4.12. The fourth-order valence-electron chi connectivity index (χ4n) is 3.92. The van der Waals surface area contributed by atoms with Crippen molar-refractivity contribution in [1.29, 1.82) is 0 Å². The van der Waals surface area contributed by atoms with Crippen LogP contribution in [0.5, 0.6) is 0 Å². The Hall–Kier alpha value is -3.74. The topological polar surface area (TPSA) is 75.5 Å². The summed E-state index contributed by atoms with van der Waals surface area (Å²) in [6, 6.07) is 16.0. The molecule has 1 unspecified atom stereocenters. The number of rotatable bonds is 4. The van der Waals surface area contributed by atoms with Crippen molar-refractivity contribution in [3.63, 3.8) is 0 Å². The maximum atomic E-state index is 13.0. The number of Topliss-reactive ketones (excluding diaryl/α,β-unsaturated/α-hetero) is 1. The highest BCUT2D eigenvalue weighted by Crippen LogP contribution is 2.18. The average Bonchev–Trinajstić information content (AvgIpc) is 3.33. The predicted molar refractivity (Wildman–Crippen MR) is 116 cm³/mol. The quantitative estimate of drug-likeness (QED) is 0.484. The van der Waals surface area contributed by atoms with Gasteiger partial charge in [0, 0.05) is 49.2 Å². The van der Waals surface area contributed by atoms with E-state index < -0.39 is 11.7 Å². The van der Waals surface area contributed by atoms with Crippen LogP contribution in [0.2, 0.25) is 0 Å². The lowest BCUT2D eigenvalue weighted by Crippen LogP contribution is -2.56. The van der Waals surface area contributed by atoms with Gasteiger partial charge in [-0.25, -0.2) is 4.68 Å². The summed E-state index contributed by atoms with van der Waals surface area (Å²) < 4.78 is 1.70. The summed E-state index contributed by atoms with van der Waals surface area (Å²) in [7, 11) is 0. The number of hydrogen-bond donors (Lipinski definition) is 0. The number of piperazine rings is 1. The lowest BCUT2D eigenvalue weighted by molar-refractivity contribution is -0.130. The molecule has 7 nitrogen and oxygen atoms in total. The molecule has 2 amide bonds. The summed E-state index contributed by atoms with van der Waals surface area (Å²) >= 11 is 0. The maximum Gasteiger partial charge on any atom is 0.295 e. The second kappa shape index (κ2) is 8.55. The van der Waals surface area contributed by atoms with Crippen molar-refractivity contribution in [3.05, 3.63) is 83.7 Å². The molecular weight excluding hydrogens is 392 g/mol. The third-order valence-corrected chi connectivity index (χ3v) is 5.61. The monoisotopic (exact) mass is 416 g/mol. The molecule has 1 aliphatic rings. The minimum absolute atomic E-state index is 0.0593. The molecule has 7 heteroatoms. The van der Waals surface area contributed by atoms with Crippen LogP contribution >= 0.6 is 0 Å². The molecule has 4 rings (SSSR count). The van der Waals surface area contributed by atoms with Gasteiger partial charge in [0.05, 0.1) is 5.69 Å². The van der Waals surface area contributed by atoms with Crippen LogP contribution < -0.4 is 0 Å². The van der Waals surface area contributed by atoms with Gasteiger partial charge in [-0.1, -0.05) is 18.2 Å². The number of carbonyl (C=O) groups is 3. The molecule has 1 atom stereocenters. The van der Waals surface area contributed by atoms with E-state index in [0.717, 1.165) is 11.3 Å². The van der Waals surface area contributed by atoms with Crippen LogP contribution in [0.1, 0.15) is 33.2 Å². The molecule has 31 heavy (non-hydrogen) atoms. The number of carbonyl (C=O) groups excluding carboxylic acids is 3. The molecule has 3 aromatic rings. The standard InChI is InChI=1S/C24H24N4O3/c1-17-15-20(28-12-6-11-25-28)9-10-21(17)22(29)24(31)27-14-13-26(16-18(27)2)23(30)19-7-4-3-5-8-19/h3-12,15,18H,13-14,16H2,1-2H3. The Balaban J connectivity index is 1.45. The van der Waals surface area contributed by atoms with Crippen LogP contribution in [0.3, 0.4) is 0 Å². The summed E-state index contributed by atoms with van der Waals surface area (Å²) in [5.74, 6) is -1.12. The number of hydrogen-bond acceptors (Lipinski definition) is 4. The van der Waals surface area contributed by atoms with Crippen molar-refractivity contribution in [2.24, 2.45) is 0 Å². The van der Waals surface area contributed by atoms with Gasteiger partial charge in [-0.3, -0.25) is 14.4 Å². The minimum Gasteiger partial charge on any atom is -0.335 e. The van der Waals surface area contributed by atoms with Crippen LogP contribution in [0, 0.1) is 6.92 Å². The Morgan fingerprint density at radius 1 is 1.00 bits per heavy atom. The lowest BCUT2D eigenvalue weighted by atomic mass is 10.0. The van der Waals surface area contributed by atoms with Gasteiger partial charge < -0.3 is 9.80 Å². The molecule has 0 N–H and O–H groups in total. The molecule has 1 saturated heterocycles. The Morgan fingerprint density at radius 2 is 1.77 bits per heavy atom. The first kappa shape index (κ1) is 20.5. The zero-order valence-corrected chi connectivity index (χ0v) is 17.6. The van der Waals surface area contributed by atoms with Crippen LogP contribution in [0.25, 0.3) is 5.69 Å². The molecule has 1 aromatic heterocycles. The SMILES string of the molecule is Cc1cc(-n2cccn2)ccc1C(=O)C(=O)N1CCN(C(=O)c2ccccc2)CC1C. The van der Waals surface area contributed by atoms with Gasteiger partial charge in [0.2, 0.25) is 0 Å². The summed E-state index contributed by atoms with van der Waals surface area (Å²) in [4.78, 5) is 41.9. The Morgan fingerprint density at radius 3 is 2.42 bits per heavy atom. The van der Waals surface area contributed by atoms with Crippen LogP contribution in [-0.2, 0) is 4.79 Å². The molecule has 1 aliphatic heterocycles. The Kier molecular flexibility index (Phi) is 5.66. The molecule has 2 aromatic carbocycles. The molecule has 158 valence electrons. The second-order valence-electron chi connectivity index (χ2n) is 7.74. The fourth-order valence-corrected chi connectivity index (χ4v) is 3.92. The number of nitrogens with zero attached hydrogens (tertiary/aromatic N) is 4. The van der Waals surface area contributed by atoms with Gasteiger partial charge in [-0.05, 0) is 55.8 Å². The first-order valence-corrected chi connectivity index (χ1v) is 10.3. The number of amides is 2. The van der Waals surface area contributed by atoms with Crippen molar-refractivity contribution in [2.45, 2.75) is 19.9 Å². The molecule has 0 spiro atoms. The van der Waals surface area contributed by atoms with E-state index >= 15 is 0 Å². The summed E-state index contributed by atoms with van der Waals surface area (Å²) in [5, 5.41) is 4.19. The second-order valence-corrected chi connectivity index (χ2v) is 7.74. The van der Waals surface area contributed by atoms with Gasteiger partial charge in [0.1, 0.15) is 0 Å². The average molecular weight is 416 g/mol. The van der Waals surface area contributed by atoms with E-state index in [1.54, 1.807) is 44.9 Å². The van der Waals surface area contributed by atoms with Gasteiger partial charge in [0.15, 0.2) is 0 Å². The molecule has 0 saturated carbocycles. The first-order chi connectivity index (χ1) is 15.0. The van der Waals surface area contributed by atoms with Crippen molar-refractivity contribution in [2.75, 3.05) is 19.6 Å². The highest BCUT2D eigenvalue weighted by atomic mass is 16.2. The Bertz CT molecular complexity index is 1110. The minimum atomic E-state index is -0.533. The molecule has 2 heterocycles. The molecule has 0 aliphatic carbocycles. The number of aryl methyl sites for hydroxylation is 1. The zero-order valence-electron chi connectivity index (χ0n) is 17.6. The highest BCUT2D eigenvalue weighted by Gasteiger charge is 2.33. The van der Waals surface area contributed by atoms with Gasteiger partial charge >= 0.3 is 0 Å². The Labute approximate surface area is 180 Å². The van der Waals surface area contributed by atoms with E-state index in [9.17, 15) is 14.4 Å². The van der Waals surface area contributed by atoms with E-state index in [1.807, 2.05) is 50.4 Å². The lowest BCUT2D eigenvalue weighted by Gasteiger charge is -2.39. The maximum absolute atomic E-state index is 13.0. The first-order valence-electron chi connectivity index (χ1n) is 10.3. The van der Waals surface area contributed by atoms with Crippen molar-refractivity contribution >= 4 is 17.6 Å². The van der Waals surface area contributed by atoms with E-state index in [-0.39, 0.29) is 11.9 Å². The summed E-state index contributed by atoms with van der Waals surface area (Å²) in [6.07, 6.45) is 3.50. The molecule has 0 bridgehead atoms. The van der Waals surface area contributed by atoms with Gasteiger partial charge in [0.25, 0.3) is 17.6 Å². The third-order valence-electron chi connectivity index (χ3n) is 5.61. The smallest absolute Gasteiger partial charge is 0.295 e. The highest BCUT2D eigenvalue weighted by molar-refractivity contribution is 6.43. The fraction of sp³-hybridized carbons (Fsp3) is 0.250. The van der Waals surface area contributed by atoms with E-state index in [2.05, 4.69) is 5.10 Å². The zero-order chi connectivity index (χ0) is 22.0. The van der Waals surface area contributed by atoms with Crippen molar-refractivity contribution < 1.29 is 14.4 Å². The van der Waals surface area contributed by atoms with Crippen molar-refractivity contribution in [1.82, 2.24) is 19.6 Å². The number of aromatic nitrogens is 2. The van der Waals surface area contributed by atoms with Crippen molar-refractivity contribution in [3.8, 4) is 5.69 Å². The van der Waals surface area contributed by atoms with Crippen LogP contribution in [0.4, 0.5) is 0 Å². The molecular formula is C24H24N4O3. The molecule has 0 radical (unpaired) electrons. The van der Waals surface area contributed by atoms with Crippen LogP contribution in [-0.4, -0.2) is 62.9 Å². The summed E-state index contributed by atoms with van der Waals surface area (Å²) in [5.41, 5.74) is 2.55. The van der Waals surface area contributed by atoms with E-state index in [0.29, 0.717) is 30.8 Å². The number of ketones is 1. The normalized spacial score (nSPS) is 16.3. The van der Waals surface area contributed by atoms with Crippen LogP contribution in [0.15, 0.2) is 67.0 Å². The predicted octanol–water partition coefficient (Wildman–Crippen LogP) is 2.74. The molecule has 1 fully saturated rings.